The minimum absolute atomic E-state index is 0.0505. The Hall–Kier alpha value is -3.48. The third-order valence-corrected chi connectivity index (χ3v) is 5.67. The Labute approximate surface area is 174 Å². The SMILES string of the molecule is CC1CCCN(C2=C(c3ccc([N+](=O)[O-])cc3)C(=O)N(Cc3ccccc3)C2=O)C1. The van der Waals surface area contributed by atoms with Gasteiger partial charge in [-0.3, -0.25) is 24.6 Å². The summed E-state index contributed by atoms with van der Waals surface area (Å²) in [6.45, 7) is 3.77. The smallest absolute Gasteiger partial charge is 0.278 e. The highest BCUT2D eigenvalue weighted by molar-refractivity contribution is 6.35. The van der Waals surface area contributed by atoms with Gasteiger partial charge in [0.25, 0.3) is 17.5 Å². The fourth-order valence-corrected chi connectivity index (χ4v) is 4.17. The Morgan fingerprint density at radius 2 is 1.73 bits per heavy atom. The van der Waals surface area contributed by atoms with E-state index in [-0.39, 0.29) is 24.0 Å². The van der Waals surface area contributed by atoms with Crippen LogP contribution in [0, 0.1) is 16.0 Å². The van der Waals surface area contributed by atoms with Crippen LogP contribution in [0.4, 0.5) is 5.69 Å². The summed E-state index contributed by atoms with van der Waals surface area (Å²) >= 11 is 0. The molecule has 1 atom stereocenters. The summed E-state index contributed by atoms with van der Waals surface area (Å²) in [6.07, 6.45) is 2.05. The Balaban J connectivity index is 1.74. The molecular weight excluding hydrogens is 382 g/mol. The van der Waals surface area contributed by atoms with Crippen molar-refractivity contribution in [2.75, 3.05) is 13.1 Å². The molecule has 0 aromatic heterocycles. The molecule has 0 radical (unpaired) electrons. The first-order valence-electron chi connectivity index (χ1n) is 10.1. The highest BCUT2D eigenvalue weighted by Crippen LogP contribution is 2.35. The summed E-state index contributed by atoms with van der Waals surface area (Å²) in [5.41, 5.74) is 2.10. The van der Waals surface area contributed by atoms with Gasteiger partial charge in [0, 0.05) is 25.2 Å². The Morgan fingerprint density at radius 3 is 2.37 bits per heavy atom. The maximum atomic E-state index is 13.4. The number of non-ortho nitro benzene ring substituents is 1. The van der Waals surface area contributed by atoms with E-state index in [9.17, 15) is 19.7 Å². The molecule has 7 heteroatoms. The molecule has 0 bridgehead atoms. The summed E-state index contributed by atoms with van der Waals surface area (Å²) in [5, 5.41) is 11.0. The number of imide groups is 1. The van der Waals surface area contributed by atoms with Crippen LogP contribution in [0.2, 0.25) is 0 Å². The first kappa shape index (κ1) is 19.8. The minimum atomic E-state index is -0.477. The van der Waals surface area contributed by atoms with Crippen LogP contribution < -0.4 is 0 Å². The fraction of sp³-hybridized carbons (Fsp3) is 0.304. The summed E-state index contributed by atoms with van der Waals surface area (Å²) in [6, 6.07) is 15.2. The average Bonchev–Trinajstić information content (AvgIpc) is 2.99. The molecule has 2 aliphatic rings. The number of nitro groups is 1. The average molecular weight is 405 g/mol. The molecule has 2 amide bonds. The van der Waals surface area contributed by atoms with Crippen molar-refractivity contribution in [3.05, 3.63) is 81.5 Å². The van der Waals surface area contributed by atoms with Crippen molar-refractivity contribution in [3.63, 3.8) is 0 Å². The molecule has 1 unspecified atom stereocenters. The van der Waals surface area contributed by atoms with E-state index in [1.54, 1.807) is 12.1 Å². The highest BCUT2D eigenvalue weighted by Gasteiger charge is 2.42. The van der Waals surface area contributed by atoms with Crippen LogP contribution in [0.3, 0.4) is 0 Å². The van der Waals surface area contributed by atoms with Crippen LogP contribution in [0.25, 0.3) is 5.57 Å². The van der Waals surface area contributed by atoms with Crippen molar-refractivity contribution >= 4 is 23.1 Å². The van der Waals surface area contributed by atoms with E-state index >= 15 is 0 Å². The lowest BCUT2D eigenvalue weighted by molar-refractivity contribution is -0.384. The monoisotopic (exact) mass is 405 g/mol. The summed E-state index contributed by atoms with van der Waals surface area (Å²) in [4.78, 5) is 40.6. The zero-order chi connectivity index (χ0) is 21.3. The normalized spacial score (nSPS) is 19.6. The number of benzene rings is 2. The molecule has 2 aromatic rings. The lowest BCUT2D eigenvalue weighted by Crippen LogP contribution is -2.39. The third-order valence-electron chi connectivity index (χ3n) is 5.67. The molecule has 4 rings (SSSR count). The van der Waals surface area contributed by atoms with Crippen molar-refractivity contribution in [1.29, 1.82) is 0 Å². The van der Waals surface area contributed by atoms with E-state index in [1.807, 2.05) is 35.2 Å². The van der Waals surface area contributed by atoms with Crippen LogP contribution in [-0.4, -0.2) is 39.6 Å². The van der Waals surface area contributed by atoms with Crippen molar-refractivity contribution in [2.45, 2.75) is 26.3 Å². The van der Waals surface area contributed by atoms with Gasteiger partial charge in [-0.15, -0.1) is 0 Å². The molecule has 2 aromatic carbocycles. The Bertz CT molecular complexity index is 1010. The number of amides is 2. The van der Waals surface area contributed by atoms with E-state index < -0.39 is 4.92 Å². The number of nitro benzene ring substituents is 1. The van der Waals surface area contributed by atoms with Gasteiger partial charge in [0.15, 0.2) is 0 Å². The van der Waals surface area contributed by atoms with Crippen molar-refractivity contribution in [3.8, 4) is 0 Å². The molecule has 1 saturated heterocycles. The molecule has 2 heterocycles. The maximum Gasteiger partial charge on any atom is 0.278 e. The number of carbonyl (C=O) groups is 2. The van der Waals surface area contributed by atoms with Crippen molar-refractivity contribution in [2.24, 2.45) is 5.92 Å². The lowest BCUT2D eigenvalue weighted by Gasteiger charge is -2.33. The second-order valence-electron chi connectivity index (χ2n) is 7.90. The lowest BCUT2D eigenvalue weighted by atomic mass is 9.97. The van der Waals surface area contributed by atoms with Gasteiger partial charge < -0.3 is 4.90 Å². The molecule has 0 N–H and O–H groups in total. The molecule has 154 valence electrons. The number of piperidine rings is 1. The Kier molecular flexibility index (Phi) is 5.35. The quantitative estimate of drug-likeness (QED) is 0.431. The van der Waals surface area contributed by atoms with Crippen LogP contribution in [0.15, 0.2) is 60.3 Å². The summed E-state index contributed by atoms with van der Waals surface area (Å²) in [5.74, 6) is -0.229. The van der Waals surface area contributed by atoms with Gasteiger partial charge in [0.2, 0.25) is 0 Å². The van der Waals surface area contributed by atoms with Crippen LogP contribution >= 0.6 is 0 Å². The molecule has 0 saturated carbocycles. The molecule has 2 aliphatic heterocycles. The predicted molar refractivity (Wildman–Crippen MR) is 112 cm³/mol. The molecular formula is C23H23N3O4. The van der Waals surface area contributed by atoms with Gasteiger partial charge in [-0.1, -0.05) is 37.3 Å². The maximum absolute atomic E-state index is 13.4. The van der Waals surface area contributed by atoms with E-state index in [2.05, 4.69) is 6.92 Å². The highest BCUT2D eigenvalue weighted by atomic mass is 16.6. The number of rotatable bonds is 5. The fourth-order valence-electron chi connectivity index (χ4n) is 4.17. The molecule has 30 heavy (non-hydrogen) atoms. The largest absolute Gasteiger partial charge is 0.366 e. The van der Waals surface area contributed by atoms with Gasteiger partial charge in [-0.2, -0.15) is 0 Å². The number of hydrogen-bond donors (Lipinski definition) is 0. The second-order valence-corrected chi connectivity index (χ2v) is 7.90. The Morgan fingerprint density at radius 1 is 1.03 bits per heavy atom. The first-order valence-corrected chi connectivity index (χ1v) is 10.1. The van der Waals surface area contributed by atoms with E-state index in [1.165, 1.54) is 17.0 Å². The second kappa shape index (κ2) is 8.10. The van der Waals surface area contributed by atoms with E-state index in [4.69, 9.17) is 0 Å². The standard InChI is InChI=1S/C23H23N3O4/c1-16-6-5-13-24(14-16)21-20(18-9-11-19(12-10-18)26(29)30)22(27)25(23(21)28)15-17-7-3-2-4-8-17/h2-4,7-12,16H,5-6,13-15H2,1H3. The van der Waals surface area contributed by atoms with Crippen LogP contribution in [0.5, 0.6) is 0 Å². The first-order chi connectivity index (χ1) is 14.5. The summed E-state index contributed by atoms with van der Waals surface area (Å²) < 4.78 is 0. The van der Waals surface area contributed by atoms with Gasteiger partial charge in [0.1, 0.15) is 5.70 Å². The predicted octanol–water partition coefficient (Wildman–Crippen LogP) is 3.61. The number of carbonyl (C=O) groups excluding carboxylic acids is 2. The van der Waals surface area contributed by atoms with Crippen molar-refractivity contribution in [1.82, 2.24) is 9.80 Å². The zero-order valence-corrected chi connectivity index (χ0v) is 16.8. The molecule has 0 aliphatic carbocycles. The topological polar surface area (TPSA) is 83.8 Å². The van der Waals surface area contributed by atoms with E-state index in [0.29, 0.717) is 35.8 Å². The minimum Gasteiger partial charge on any atom is -0.366 e. The van der Waals surface area contributed by atoms with Gasteiger partial charge in [-0.25, -0.2) is 0 Å². The van der Waals surface area contributed by atoms with E-state index in [0.717, 1.165) is 18.4 Å². The van der Waals surface area contributed by atoms with Gasteiger partial charge in [0.05, 0.1) is 17.0 Å². The van der Waals surface area contributed by atoms with Crippen LogP contribution in [-0.2, 0) is 16.1 Å². The third kappa shape index (κ3) is 3.70. The van der Waals surface area contributed by atoms with Crippen molar-refractivity contribution < 1.29 is 14.5 Å². The molecule has 1 fully saturated rings. The van der Waals surface area contributed by atoms with Gasteiger partial charge in [-0.05, 0) is 42.0 Å². The molecule has 0 spiro atoms. The number of likely N-dealkylation sites (tertiary alicyclic amines) is 1. The zero-order valence-electron chi connectivity index (χ0n) is 16.8. The number of nitrogens with zero attached hydrogens (tertiary/aromatic N) is 3. The van der Waals surface area contributed by atoms with Gasteiger partial charge >= 0.3 is 0 Å². The summed E-state index contributed by atoms with van der Waals surface area (Å²) in [7, 11) is 0. The molecule has 7 nitrogen and oxygen atoms in total. The number of hydrogen-bond acceptors (Lipinski definition) is 5. The van der Waals surface area contributed by atoms with Crippen LogP contribution in [0.1, 0.15) is 30.9 Å².